The molecule has 5 heteroatoms. The fourth-order valence-corrected chi connectivity index (χ4v) is 3.15. The van der Waals surface area contributed by atoms with Crippen molar-refractivity contribution in [2.75, 3.05) is 0 Å². The average molecular weight is 344 g/mol. The number of nitrogens with zero attached hydrogens (tertiary/aromatic N) is 2. The molecule has 0 bridgehead atoms. The SMILES string of the molecule is Cc1cc(C)cc(N=Nc2c(O)c3c(ccc4ccccc43)oc2=O)c1. The Morgan fingerprint density at radius 3 is 2.42 bits per heavy atom. The van der Waals surface area contributed by atoms with Gasteiger partial charge in [0, 0.05) is 0 Å². The maximum absolute atomic E-state index is 12.3. The van der Waals surface area contributed by atoms with Gasteiger partial charge in [0.1, 0.15) is 5.58 Å². The highest BCUT2D eigenvalue weighted by Crippen LogP contribution is 2.37. The zero-order valence-electron chi connectivity index (χ0n) is 14.4. The van der Waals surface area contributed by atoms with E-state index in [0.29, 0.717) is 16.7 Å². The smallest absolute Gasteiger partial charge is 0.368 e. The Morgan fingerprint density at radius 2 is 1.65 bits per heavy atom. The molecule has 0 radical (unpaired) electrons. The van der Waals surface area contributed by atoms with Crippen molar-refractivity contribution in [1.82, 2.24) is 0 Å². The lowest BCUT2D eigenvalue weighted by atomic mass is 10.0. The first-order chi connectivity index (χ1) is 12.5. The highest BCUT2D eigenvalue weighted by Gasteiger charge is 2.16. The maximum Gasteiger partial charge on any atom is 0.368 e. The minimum absolute atomic E-state index is 0.201. The van der Waals surface area contributed by atoms with Gasteiger partial charge < -0.3 is 9.52 Å². The number of hydrogen-bond donors (Lipinski definition) is 1. The van der Waals surface area contributed by atoms with Crippen LogP contribution in [0.4, 0.5) is 11.4 Å². The maximum atomic E-state index is 12.3. The van der Waals surface area contributed by atoms with Crippen LogP contribution in [0, 0.1) is 13.8 Å². The number of rotatable bonds is 2. The largest absolute Gasteiger partial charge is 0.505 e. The van der Waals surface area contributed by atoms with E-state index in [-0.39, 0.29) is 11.4 Å². The Kier molecular flexibility index (Phi) is 3.77. The normalized spacial score (nSPS) is 11.6. The molecule has 0 amide bonds. The van der Waals surface area contributed by atoms with Gasteiger partial charge in [0.25, 0.3) is 0 Å². The Bertz CT molecular complexity index is 1220. The Hall–Kier alpha value is -3.47. The lowest BCUT2D eigenvalue weighted by Gasteiger charge is -2.06. The molecule has 0 unspecified atom stereocenters. The average Bonchev–Trinajstić information content (AvgIpc) is 2.60. The van der Waals surface area contributed by atoms with Gasteiger partial charge in [-0.25, -0.2) is 4.79 Å². The van der Waals surface area contributed by atoms with E-state index in [9.17, 15) is 9.90 Å². The van der Waals surface area contributed by atoms with Crippen molar-refractivity contribution in [3.05, 3.63) is 76.1 Å². The molecule has 4 aromatic rings. The van der Waals surface area contributed by atoms with E-state index in [1.54, 1.807) is 6.07 Å². The molecule has 0 aliphatic heterocycles. The van der Waals surface area contributed by atoms with Gasteiger partial charge in [0.05, 0.1) is 11.1 Å². The number of azo groups is 1. The molecule has 0 aliphatic carbocycles. The van der Waals surface area contributed by atoms with E-state index < -0.39 is 5.63 Å². The predicted molar refractivity (Wildman–Crippen MR) is 102 cm³/mol. The zero-order chi connectivity index (χ0) is 18.3. The first-order valence-electron chi connectivity index (χ1n) is 8.20. The molecule has 0 atom stereocenters. The molecule has 26 heavy (non-hydrogen) atoms. The van der Waals surface area contributed by atoms with Crippen LogP contribution in [-0.2, 0) is 0 Å². The second-order valence-electron chi connectivity index (χ2n) is 6.29. The summed E-state index contributed by atoms with van der Waals surface area (Å²) in [5.74, 6) is -0.221. The minimum Gasteiger partial charge on any atom is -0.505 e. The Morgan fingerprint density at radius 1 is 0.923 bits per heavy atom. The number of aromatic hydroxyl groups is 1. The van der Waals surface area contributed by atoms with Crippen LogP contribution in [0.25, 0.3) is 21.7 Å². The van der Waals surface area contributed by atoms with Crippen LogP contribution in [0.5, 0.6) is 5.75 Å². The lowest BCUT2D eigenvalue weighted by molar-refractivity contribution is 0.470. The van der Waals surface area contributed by atoms with Crippen LogP contribution in [0.3, 0.4) is 0 Å². The second kappa shape index (κ2) is 6.11. The first-order valence-corrected chi connectivity index (χ1v) is 8.20. The number of benzene rings is 3. The van der Waals surface area contributed by atoms with Crippen LogP contribution < -0.4 is 5.63 Å². The molecule has 0 spiro atoms. The third-order valence-corrected chi connectivity index (χ3v) is 4.22. The van der Waals surface area contributed by atoms with Crippen LogP contribution in [-0.4, -0.2) is 5.11 Å². The first kappa shape index (κ1) is 16.0. The lowest BCUT2D eigenvalue weighted by Crippen LogP contribution is -1.98. The van der Waals surface area contributed by atoms with Crippen LogP contribution in [0.2, 0.25) is 0 Å². The fourth-order valence-electron chi connectivity index (χ4n) is 3.15. The molecule has 1 aromatic heterocycles. The molecule has 0 saturated carbocycles. The molecule has 1 heterocycles. The molecule has 1 N–H and O–H groups in total. The summed E-state index contributed by atoms with van der Waals surface area (Å²) in [7, 11) is 0. The number of hydrogen-bond acceptors (Lipinski definition) is 5. The summed E-state index contributed by atoms with van der Waals surface area (Å²) in [6.45, 7) is 3.92. The van der Waals surface area contributed by atoms with E-state index >= 15 is 0 Å². The van der Waals surface area contributed by atoms with E-state index in [2.05, 4.69) is 10.2 Å². The summed E-state index contributed by atoms with van der Waals surface area (Å²) >= 11 is 0. The minimum atomic E-state index is -0.724. The van der Waals surface area contributed by atoms with Gasteiger partial charge in [0.2, 0.25) is 5.69 Å². The molecule has 128 valence electrons. The van der Waals surface area contributed by atoms with Gasteiger partial charge in [-0.05, 0) is 53.9 Å². The molecular weight excluding hydrogens is 328 g/mol. The molecule has 0 fully saturated rings. The van der Waals surface area contributed by atoms with Crippen molar-refractivity contribution in [2.45, 2.75) is 13.8 Å². The molecule has 0 saturated heterocycles. The van der Waals surface area contributed by atoms with Gasteiger partial charge in [0.15, 0.2) is 5.75 Å². The number of fused-ring (bicyclic) bond motifs is 3. The molecular formula is C21H16N2O3. The predicted octanol–water partition coefficient (Wildman–Crippen LogP) is 5.68. The van der Waals surface area contributed by atoms with E-state index in [0.717, 1.165) is 21.9 Å². The Balaban J connectivity index is 1.93. The molecule has 4 rings (SSSR count). The fraction of sp³-hybridized carbons (Fsp3) is 0.0952. The standard InChI is InChI=1S/C21H16N2O3/c1-12-9-13(2)11-15(10-12)22-23-19-20(24)18-16-6-4-3-5-14(16)7-8-17(18)26-21(19)25/h3-11,24H,1-2H3. The van der Waals surface area contributed by atoms with Gasteiger partial charge in [-0.2, -0.15) is 5.11 Å². The number of aryl methyl sites for hydroxylation is 2. The van der Waals surface area contributed by atoms with Gasteiger partial charge in [-0.1, -0.05) is 36.4 Å². The van der Waals surface area contributed by atoms with Crippen molar-refractivity contribution in [3.8, 4) is 5.75 Å². The third-order valence-electron chi connectivity index (χ3n) is 4.22. The van der Waals surface area contributed by atoms with Crippen LogP contribution in [0.15, 0.2) is 74.0 Å². The summed E-state index contributed by atoms with van der Waals surface area (Å²) in [5.41, 5.74) is 2.08. The van der Waals surface area contributed by atoms with Gasteiger partial charge in [-0.15, -0.1) is 5.11 Å². The van der Waals surface area contributed by atoms with E-state index in [1.807, 2.05) is 62.4 Å². The summed E-state index contributed by atoms with van der Waals surface area (Å²) in [4.78, 5) is 12.3. The van der Waals surface area contributed by atoms with Gasteiger partial charge in [-0.3, -0.25) is 0 Å². The van der Waals surface area contributed by atoms with Crippen molar-refractivity contribution in [2.24, 2.45) is 10.2 Å². The van der Waals surface area contributed by atoms with Crippen LogP contribution in [0.1, 0.15) is 11.1 Å². The highest BCUT2D eigenvalue weighted by molar-refractivity contribution is 6.09. The topological polar surface area (TPSA) is 75.2 Å². The van der Waals surface area contributed by atoms with E-state index in [4.69, 9.17) is 4.42 Å². The quantitative estimate of drug-likeness (QED) is 0.288. The van der Waals surface area contributed by atoms with E-state index in [1.165, 1.54) is 0 Å². The summed E-state index contributed by atoms with van der Waals surface area (Å²) < 4.78 is 5.35. The van der Waals surface area contributed by atoms with Crippen molar-refractivity contribution >= 4 is 33.1 Å². The van der Waals surface area contributed by atoms with Gasteiger partial charge >= 0.3 is 5.63 Å². The third kappa shape index (κ3) is 2.73. The highest BCUT2D eigenvalue weighted by atomic mass is 16.4. The van der Waals surface area contributed by atoms with Crippen LogP contribution >= 0.6 is 0 Å². The van der Waals surface area contributed by atoms with Crippen molar-refractivity contribution in [3.63, 3.8) is 0 Å². The van der Waals surface area contributed by atoms with Crippen molar-refractivity contribution < 1.29 is 9.52 Å². The monoisotopic (exact) mass is 344 g/mol. The summed E-state index contributed by atoms with van der Waals surface area (Å²) in [6.07, 6.45) is 0. The molecule has 0 aliphatic rings. The summed E-state index contributed by atoms with van der Waals surface area (Å²) in [5, 5.41) is 21.0. The Labute approximate surface area is 149 Å². The summed E-state index contributed by atoms with van der Waals surface area (Å²) in [6, 6.07) is 16.8. The van der Waals surface area contributed by atoms with Crippen molar-refractivity contribution in [1.29, 1.82) is 0 Å². The zero-order valence-corrected chi connectivity index (χ0v) is 14.4. The molecule has 5 nitrogen and oxygen atoms in total. The second-order valence-corrected chi connectivity index (χ2v) is 6.29. The molecule has 3 aromatic carbocycles.